The van der Waals surface area contributed by atoms with E-state index in [2.05, 4.69) is 39.4 Å². The number of H-pyrrole nitrogens is 1. The zero-order valence-corrected chi connectivity index (χ0v) is 21.3. The van der Waals surface area contributed by atoms with Crippen LogP contribution in [0.5, 0.6) is 0 Å². The van der Waals surface area contributed by atoms with Crippen LogP contribution in [0.2, 0.25) is 0 Å². The van der Waals surface area contributed by atoms with E-state index in [-0.39, 0.29) is 12.1 Å². The van der Waals surface area contributed by atoms with E-state index < -0.39 is 5.60 Å². The zero-order valence-electron chi connectivity index (χ0n) is 21.3. The molecule has 0 bridgehead atoms. The van der Waals surface area contributed by atoms with Gasteiger partial charge in [0.15, 0.2) is 0 Å². The molecule has 4 heterocycles. The molecule has 2 aliphatic rings. The molecule has 0 radical (unpaired) electrons. The van der Waals surface area contributed by atoms with Gasteiger partial charge in [0, 0.05) is 48.8 Å². The maximum absolute atomic E-state index is 13.2. The fraction of sp³-hybridized carbons (Fsp3) is 0.464. The molecule has 3 N–H and O–H groups in total. The fourth-order valence-electron chi connectivity index (χ4n) is 5.32. The van der Waals surface area contributed by atoms with Gasteiger partial charge in [-0.05, 0) is 81.2 Å². The van der Waals surface area contributed by atoms with Crippen LogP contribution in [0, 0.1) is 0 Å². The second kappa shape index (κ2) is 9.93. The molecule has 5 rings (SSSR count). The molecule has 0 saturated carbocycles. The van der Waals surface area contributed by atoms with Gasteiger partial charge in [-0.15, -0.1) is 0 Å². The highest BCUT2D eigenvalue weighted by atomic mass is 16.6. The van der Waals surface area contributed by atoms with Crippen molar-refractivity contribution < 1.29 is 14.3 Å². The van der Waals surface area contributed by atoms with Crippen LogP contribution in [0.25, 0.3) is 22.3 Å². The zero-order chi connectivity index (χ0) is 25.3. The molecule has 2 aliphatic heterocycles. The summed E-state index contributed by atoms with van der Waals surface area (Å²) in [5.41, 5.74) is 11.9. The molecule has 3 aromatic rings. The first-order valence-corrected chi connectivity index (χ1v) is 12.8. The van der Waals surface area contributed by atoms with Crippen molar-refractivity contribution in [3.05, 3.63) is 54.0 Å². The minimum Gasteiger partial charge on any atom is -0.444 e. The molecule has 190 valence electrons. The summed E-state index contributed by atoms with van der Waals surface area (Å²) < 4.78 is 11.4. The van der Waals surface area contributed by atoms with E-state index in [1.807, 2.05) is 38.1 Å². The minimum absolute atomic E-state index is 0.0206. The van der Waals surface area contributed by atoms with Gasteiger partial charge in [0.1, 0.15) is 11.4 Å². The number of rotatable bonds is 4. The van der Waals surface area contributed by atoms with E-state index in [0.29, 0.717) is 18.3 Å². The summed E-state index contributed by atoms with van der Waals surface area (Å²) in [7, 11) is 0. The van der Waals surface area contributed by atoms with Crippen molar-refractivity contribution in [2.75, 3.05) is 25.5 Å². The molecule has 8 nitrogen and oxygen atoms in total. The first kappa shape index (κ1) is 24.3. The Morgan fingerprint density at radius 3 is 2.61 bits per heavy atom. The number of nitrogens with one attached hydrogen (secondary N) is 1. The van der Waals surface area contributed by atoms with Gasteiger partial charge in [0.2, 0.25) is 0 Å². The highest BCUT2D eigenvalue weighted by molar-refractivity contribution is 5.79. The van der Waals surface area contributed by atoms with E-state index in [9.17, 15) is 4.79 Å². The number of likely N-dealkylation sites (tertiary alicyclic amines) is 1. The van der Waals surface area contributed by atoms with Crippen LogP contribution in [-0.2, 0) is 9.47 Å². The predicted molar refractivity (Wildman–Crippen MR) is 139 cm³/mol. The van der Waals surface area contributed by atoms with Crippen molar-refractivity contribution in [2.24, 2.45) is 0 Å². The number of amides is 1. The van der Waals surface area contributed by atoms with E-state index in [1.54, 1.807) is 6.20 Å². The summed E-state index contributed by atoms with van der Waals surface area (Å²) in [6.45, 7) is 7.97. The van der Waals surface area contributed by atoms with Gasteiger partial charge in [-0.3, -0.25) is 5.10 Å². The maximum atomic E-state index is 13.2. The quantitative estimate of drug-likeness (QED) is 0.488. The summed E-state index contributed by atoms with van der Waals surface area (Å²) in [4.78, 5) is 19.5. The smallest absolute Gasteiger partial charge is 0.410 e. The van der Waals surface area contributed by atoms with Crippen LogP contribution in [-0.4, -0.2) is 51.5 Å². The molecule has 8 heteroatoms. The number of carbonyl (C=O) groups excluding carboxylic acids is 1. The number of hydrogen-bond acceptors (Lipinski definition) is 6. The number of aromatic nitrogens is 3. The average molecular weight is 490 g/mol. The van der Waals surface area contributed by atoms with Crippen LogP contribution >= 0.6 is 0 Å². The second-order valence-corrected chi connectivity index (χ2v) is 10.7. The van der Waals surface area contributed by atoms with Crippen molar-refractivity contribution in [1.82, 2.24) is 20.1 Å². The average Bonchev–Trinajstić information content (AvgIpc) is 3.56. The van der Waals surface area contributed by atoms with E-state index >= 15 is 0 Å². The molecular weight excluding hydrogens is 454 g/mol. The third kappa shape index (κ3) is 5.09. The lowest BCUT2D eigenvalue weighted by atomic mass is 9.83. The number of aromatic amines is 1. The molecule has 1 unspecified atom stereocenters. The molecule has 2 saturated heterocycles. The van der Waals surface area contributed by atoms with Gasteiger partial charge in [0.05, 0.1) is 12.2 Å². The number of ether oxygens (including phenoxy) is 2. The number of nitrogens with two attached hydrogens (primary N) is 1. The van der Waals surface area contributed by atoms with Crippen molar-refractivity contribution in [1.29, 1.82) is 0 Å². The van der Waals surface area contributed by atoms with E-state index in [4.69, 9.17) is 15.2 Å². The Morgan fingerprint density at radius 1 is 1.08 bits per heavy atom. The summed E-state index contributed by atoms with van der Waals surface area (Å²) in [5.74, 6) is 0.876. The van der Waals surface area contributed by atoms with E-state index in [0.717, 1.165) is 61.2 Å². The topological polar surface area (TPSA) is 106 Å². The molecule has 0 aliphatic carbocycles. The number of benzene rings is 1. The Labute approximate surface area is 212 Å². The third-order valence-electron chi connectivity index (χ3n) is 7.05. The molecule has 1 atom stereocenters. The van der Waals surface area contributed by atoms with Crippen molar-refractivity contribution in [3.63, 3.8) is 0 Å². The Hall–Kier alpha value is -3.39. The lowest BCUT2D eigenvalue weighted by Gasteiger charge is -2.32. The lowest BCUT2D eigenvalue weighted by Crippen LogP contribution is -2.36. The van der Waals surface area contributed by atoms with Crippen LogP contribution < -0.4 is 5.73 Å². The first-order valence-electron chi connectivity index (χ1n) is 12.8. The Balaban J connectivity index is 1.55. The second-order valence-electron chi connectivity index (χ2n) is 10.7. The maximum Gasteiger partial charge on any atom is 0.410 e. The van der Waals surface area contributed by atoms with Crippen molar-refractivity contribution in [2.45, 2.75) is 64.0 Å². The summed E-state index contributed by atoms with van der Waals surface area (Å²) in [6.07, 6.45) is 8.96. The number of anilines is 1. The Bertz CT molecular complexity index is 1210. The van der Waals surface area contributed by atoms with Gasteiger partial charge >= 0.3 is 6.09 Å². The van der Waals surface area contributed by atoms with Gasteiger partial charge in [0.25, 0.3) is 0 Å². The number of nitrogen functional groups attached to an aromatic ring is 1. The SMILES string of the molecule is CC(C)(C)OC(=O)N1CCCC1c1cc(-c2cnc(N)c(-c3cn[nH]c3)c2)ccc1C1CCOCC1. The highest BCUT2D eigenvalue weighted by Gasteiger charge is 2.35. The van der Waals surface area contributed by atoms with Crippen molar-refractivity contribution in [3.8, 4) is 22.3 Å². The number of nitrogens with zero attached hydrogens (tertiary/aromatic N) is 3. The molecule has 36 heavy (non-hydrogen) atoms. The van der Waals surface area contributed by atoms with E-state index in [1.165, 1.54) is 11.1 Å². The normalized spacial score (nSPS) is 19.0. The molecule has 1 aromatic carbocycles. The summed E-state index contributed by atoms with van der Waals surface area (Å²) in [6, 6.07) is 8.67. The Morgan fingerprint density at radius 2 is 1.89 bits per heavy atom. The van der Waals surface area contributed by atoms with Crippen LogP contribution in [0.15, 0.2) is 42.9 Å². The molecular formula is C28H35N5O3. The highest BCUT2D eigenvalue weighted by Crippen LogP contribution is 2.42. The van der Waals surface area contributed by atoms with Crippen LogP contribution in [0.3, 0.4) is 0 Å². The molecule has 0 spiro atoms. The number of hydrogen-bond donors (Lipinski definition) is 2. The molecule has 1 amide bonds. The van der Waals surface area contributed by atoms with Gasteiger partial charge in [-0.25, -0.2) is 9.78 Å². The number of pyridine rings is 1. The third-order valence-corrected chi connectivity index (χ3v) is 7.05. The van der Waals surface area contributed by atoms with Gasteiger partial charge in [-0.1, -0.05) is 12.1 Å². The summed E-state index contributed by atoms with van der Waals surface area (Å²) >= 11 is 0. The van der Waals surface area contributed by atoms with Crippen LogP contribution in [0.1, 0.15) is 69.5 Å². The number of carbonyl (C=O) groups is 1. The largest absolute Gasteiger partial charge is 0.444 e. The predicted octanol–water partition coefficient (Wildman–Crippen LogP) is 5.69. The van der Waals surface area contributed by atoms with Gasteiger partial charge in [-0.2, -0.15) is 5.10 Å². The minimum atomic E-state index is -0.533. The summed E-state index contributed by atoms with van der Waals surface area (Å²) in [5, 5.41) is 6.90. The van der Waals surface area contributed by atoms with Crippen LogP contribution in [0.4, 0.5) is 10.6 Å². The monoisotopic (exact) mass is 489 g/mol. The van der Waals surface area contributed by atoms with Crippen molar-refractivity contribution >= 4 is 11.9 Å². The standard InChI is InChI=1S/C28H35N5O3/c1-28(2,3)36-27(34)33-10-4-5-25(33)24-13-19(6-7-22(24)18-8-11-35-12-9-18)20-14-23(26(29)30-15-20)21-16-31-32-17-21/h6-7,13-18,25H,4-5,8-12H2,1-3H3,(H2,29,30)(H,31,32). The fourth-order valence-corrected chi connectivity index (χ4v) is 5.32. The molecule has 2 aromatic heterocycles. The Kier molecular flexibility index (Phi) is 6.71. The van der Waals surface area contributed by atoms with Gasteiger partial charge < -0.3 is 20.1 Å². The first-order chi connectivity index (χ1) is 17.3. The molecule has 2 fully saturated rings. The lowest BCUT2D eigenvalue weighted by molar-refractivity contribution is 0.0222.